The van der Waals surface area contributed by atoms with Gasteiger partial charge < -0.3 is 25.0 Å². The standard InChI is InChI=1S/C35H32ClF4N3O3/c1-45-23-5-2-21(3-6-23)19-43-33(44)11-8-25-32(10-9-27(37)34(25)43)46-20-35(41)12-14-42(15-13-35)31-18-29(39)26(17-30(31)40)24-7-4-22(36)16-28(24)38/h2-7,9-10,16-18H,8,11-15,19-20,41H2,1H3. The normalized spacial score (nSPS) is 15.9. The molecule has 11 heteroatoms. The molecular weight excluding hydrogens is 622 g/mol. The van der Waals surface area contributed by atoms with E-state index >= 15 is 13.2 Å². The largest absolute Gasteiger partial charge is 0.497 e. The Hall–Kier alpha value is -4.28. The van der Waals surface area contributed by atoms with Gasteiger partial charge in [0.2, 0.25) is 5.91 Å². The van der Waals surface area contributed by atoms with Crippen molar-refractivity contribution in [3.05, 3.63) is 106 Å². The number of rotatable bonds is 8. The average molecular weight is 654 g/mol. The molecule has 46 heavy (non-hydrogen) atoms. The van der Waals surface area contributed by atoms with Crippen LogP contribution >= 0.6 is 11.6 Å². The number of methoxy groups -OCH3 is 1. The van der Waals surface area contributed by atoms with Gasteiger partial charge in [0, 0.05) is 47.3 Å². The van der Waals surface area contributed by atoms with Crippen molar-refractivity contribution < 1.29 is 31.8 Å². The first-order valence-electron chi connectivity index (χ1n) is 14.9. The lowest BCUT2D eigenvalue weighted by molar-refractivity contribution is -0.119. The molecule has 2 heterocycles. The second-order valence-electron chi connectivity index (χ2n) is 11.7. The first kappa shape index (κ1) is 31.7. The molecule has 0 bridgehead atoms. The number of fused-ring (bicyclic) bond motifs is 1. The lowest BCUT2D eigenvalue weighted by Crippen LogP contribution is -2.54. The summed E-state index contributed by atoms with van der Waals surface area (Å²) in [6, 6.07) is 15.9. The molecule has 0 atom stereocenters. The number of ether oxygens (including phenoxy) is 2. The van der Waals surface area contributed by atoms with Gasteiger partial charge in [0.1, 0.15) is 41.4 Å². The number of piperidine rings is 1. The summed E-state index contributed by atoms with van der Waals surface area (Å²) in [6.45, 7) is 0.962. The third-order valence-electron chi connectivity index (χ3n) is 8.72. The second-order valence-corrected chi connectivity index (χ2v) is 12.2. The zero-order chi connectivity index (χ0) is 32.6. The molecule has 2 aliphatic heterocycles. The summed E-state index contributed by atoms with van der Waals surface area (Å²) < 4.78 is 71.3. The van der Waals surface area contributed by atoms with E-state index in [-0.39, 0.29) is 53.0 Å². The van der Waals surface area contributed by atoms with Gasteiger partial charge in [-0.3, -0.25) is 4.79 Å². The summed E-state index contributed by atoms with van der Waals surface area (Å²) >= 11 is 5.80. The lowest BCUT2D eigenvalue weighted by Gasteiger charge is -2.40. The maximum Gasteiger partial charge on any atom is 0.227 e. The minimum atomic E-state index is -0.785. The Kier molecular flexibility index (Phi) is 8.85. The van der Waals surface area contributed by atoms with Crippen LogP contribution in [0.2, 0.25) is 5.02 Å². The number of benzene rings is 4. The Morgan fingerprint density at radius 3 is 2.26 bits per heavy atom. The molecule has 2 aliphatic rings. The van der Waals surface area contributed by atoms with Crippen LogP contribution in [0.25, 0.3) is 11.1 Å². The first-order valence-corrected chi connectivity index (χ1v) is 15.3. The highest BCUT2D eigenvalue weighted by Gasteiger charge is 2.35. The minimum Gasteiger partial charge on any atom is -0.497 e. The van der Waals surface area contributed by atoms with Crippen LogP contribution in [0.4, 0.5) is 28.9 Å². The smallest absolute Gasteiger partial charge is 0.227 e. The summed E-state index contributed by atoms with van der Waals surface area (Å²) in [4.78, 5) is 16.1. The van der Waals surface area contributed by atoms with E-state index in [0.717, 1.165) is 23.8 Å². The third-order valence-corrected chi connectivity index (χ3v) is 8.96. The number of amides is 1. The highest BCUT2D eigenvalue weighted by Crippen LogP contribution is 2.39. The second kappa shape index (κ2) is 12.8. The van der Waals surface area contributed by atoms with Gasteiger partial charge in [-0.15, -0.1) is 0 Å². The van der Waals surface area contributed by atoms with Gasteiger partial charge in [0.25, 0.3) is 0 Å². The van der Waals surface area contributed by atoms with E-state index < -0.39 is 28.8 Å². The van der Waals surface area contributed by atoms with E-state index in [4.69, 9.17) is 26.8 Å². The Balaban J connectivity index is 1.14. The molecule has 6 nitrogen and oxygen atoms in total. The highest BCUT2D eigenvalue weighted by molar-refractivity contribution is 6.30. The molecule has 0 radical (unpaired) electrons. The Morgan fingerprint density at radius 1 is 0.848 bits per heavy atom. The SMILES string of the molecule is COc1ccc(CN2C(=O)CCc3c(OCC4(N)CCN(c5cc(F)c(-c6ccc(Cl)cc6F)cc5F)CC4)ccc(F)c32)cc1. The topological polar surface area (TPSA) is 68.0 Å². The van der Waals surface area contributed by atoms with Crippen molar-refractivity contribution in [3.63, 3.8) is 0 Å². The molecule has 0 spiro atoms. The molecular formula is C35H32ClF4N3O3. The molecule has 4 aromatic rings. The first-order chi connectivity index (χ1) is 22.0. The number of anilines is 2. The van der Waals surface area contributed by atoms with Crippen LogP contribution in [0, 0.1) is 23.3 Å². The molecule has 1 saturated heterocycles. The van der Waals surface area contributed by atoms with Crippen LogP contribution in [-0.2, 0) is 17.8 Å². The quantitative estimate of drug-likeness (QED) is 0.201. The van der Waals surface area contributed by atoms with E-state index in [9.17, 15) is 9.18 Å². The van der Waals surface area contributed by atoms with Crippen LogP contribution in [0.15, 0.2) is 66.7 Å². The van der Waals surface area contributed by atoms with Crippen molar-refractivity contribution in [2.24, 2.45) is 5.73 Å². The molecule has 0 saturated carbocycles. The molecule has 4 aromatic carbocycles. The van der Waals surface area contributed by atoms with E-state index in [1.165, 1.54) is 23.1 Å². The summed E-state index contributed by atoms with van der Waals surface area (Å²) in [6.07, 6.45) is 1.35. The van der Waals surface area contributed by atoms with Crippen LogP contribution < -0.4 is 25.0 Å². The molecule has 0 unspecified atom stereocenters. The number of carbonyl (C=O) groups is 1. The fourth-order valence-electron chi connectivity index (χ4n) is 6.08. The molecule has 0 aromatic heterocycles. The van der Waals surface area contributed by atoms with Crippen molar-refractivity contribution >= 4 is 28.9 Å². The molecule has 0 aliphatic carbocycles. The number of hydrogen-bond acceptors (Lipinski definition) is 5. The molecule has 1 amide bonds. The van der Waals surface area contributed by atoms with Gasteiger partial charge in [-0.2, -0.15) is 0 Å². The number of hydrogen-bond donors (Lipinski definition) is 1. The van der Waals surface area contributed by atoms with E-state index in [1.807, 2.05) is 12.1 Å². The lowest BCUT2D eigenvalue weighted by atomic mass is 9.89. The van der Waals surface area contributed by atoms with E-state index in [2.05, 4.69) is 0 Å². The summed E-state index contributed by atoms with van der Waals surface area (Å²) in [5.74, 6) is -1.75. The van der Waals surface area contributed by atoms with Crippen molar-refractivity contribution in [3.8, 4) is 22.6 Å². The van der Waals surface area contributed by atoms with Gasteiger partial charge in [0.05, 0.1) is 30.6 Å². The Bertz CT molecular complexity index is 1780. The van der Waals surface area contributed by atoms with Crippen LogP contribution in [0.3, 0.4) is 0 Å². The zero-order valence-corrected chi connectivity index (χ0v) is 25.8. The number of nitrogens with two attached hydrogens (primary N) is 1. The predicted molar refractivity (Wildman–Crippen MR) is 170 cm³/mol. The molecule has 2 N–H and O–H groups in total. The average Bonchev–Trinajstić information content (AvgIpc) is 3.04. The van der Waals surface area contributed by atoms with Gasteiger partial charge in [-0.05, 0) is 73.4 Å². The number of nitrogens with zero attached hydrogens (tertiary/aromatic N) is 2. The van der Waals surface area contributed by atoms with E-state index in [0.29, 0.717) is 49.4 Å². The Morgan fingerprint density at radius 2 is 1.57 bits per heavy atom. The third kappa shape index (κ3) is 6.37. The Labute approximate surface area is 269 Å². The maximum atomic E-state index is 15.2. The van der Waals surface area contributed by atoms with Crippen LogP contribution in [0.5, 0.6) is 11.5 Å². The van der Waals surface area contributed by atoms with Crippen molar-refractivity contribution in [1.29, 1.82) is 0 Å². The molecule has 1 fully saturated rings. The van der Waals surface area contributed by atoms with Gasteiger partial charge in [-0.1, -0.05) is 23.7 Å². The fourth-order valence-corrected chi connectivity index (χ4v) is 6.24. The zero-order valence-electron chi connectivity index (χ0n) is 25.1. The molecule has 240 valence electrons. The van der Waals surface area contributed by atoms with Crippen LogP contribution in [-0.4, -0.2) is 38.3 Å². The van der Waals surface area contributed by atoms with Gasteiger partial charge >= 0.3 is 0 Å². The van der Waals surface area contributed by atoms with Crippen molar-refractivity contribution in [1.82, 2.24) is 0 Å². The highest BCUT2D eigenvalue weighted by atomic mass is 35.5. The minimum absolute atomic E-state index is 0.0628. The van der Waals surface area contributed by atoms with Crippen molar-refractivity contribution in [2.75, 3.05) is 36.6 Å². The van der Waals surface area contributed by atoms with Gasteiger partial charge in [-0.25, -0.2) is 17.6 Å². The van der Waals surface area contributed by atoms with E-state index in [1.54, 1.807) is 30.2 Å². The predicted octanol–water partition coefficient (Wildman–Crippen LogP) is 7.43. The van der Waals surface area contributed by atoms with Crippen LogP contribution in [0.1, 0.15) is 30.4 Å². The molecule has 6 rings (SSSR count). The maximum absolute atomic E-state index is 15.2. The number of carbonyl (C=O) groups excluding carboxylic acids is 1. The fraction of sp³-hybridized carbons (Fsp3) is 0.286. The summed E-state index contributed by atoms with van der Waals surface area (Å²) in [5.41, 5.74) is 7.33. The van der Waals surface area contributed by atoms with Gasteiger partial charge in [0.15, 0.2) is 0 Å². The summed E-state index contributed by atoms with van der Waals surface area (Å²) in [7, 11) is 1.57. The monoisotopic (exact) mass is 653 g/mol. The summed E-state index contributed by atoms with van der Waals surface area (Å²) in [5, 5.41) is 0.155. The van der Waals surface area contributed by atoms with Crippen molar-refractivity contribution in [2.45, 2.75) is 37.8 Å². The number of halogens is 5.